The van der Waals surface area contributed by atoms with E-state index in [2.05, 4.69) is 39.2 Å². The summed E-state index contributed by atoms with van der Waals surface area (Å²) in [6.07, 6.45) is -0.616. The molecule has 1 atom stereocenters. The molecule has 0 spiro atoms. The van der Waals surface area contributed by atoms with Crippen LogP contribution in [-0.4, -0.2) is 32.0 Å². The molecule has 24 heavy (non-hydrogen) atoms. The Morgan fingerprint density at radius 2 is 1.83 bits per heavy atom. The fourth-order valence-electron chi connectivity index (χ4n) is 1.57. The van der Waals surface area contributed by atoms with Gasteiger partial charge in [-0.2, -0.15) is 0 Å². The first kappa shape index (κ1) is 20.1. The average molecular weight is 354 g/mol. The molecule has 1 N–H and O–H groups in total. The van der Waals surface area contributed by atoms with E-state index in [1.54, 1.807) is 0 Å². The number of non-ortho nitro benzene ring substituents is 1. The molecule has 1 unspecified atom stereocenters. The lowest BCUT2D eigenvalue weighted by molar-refractivity contribution is -0.384. The largest absolute Gasteiger partial charge is 0.415 e. The topological polar surface area (TPSA) is 90.7 Å². The summed E-state index contributed by atoms with van der Waals surface area (Å²) >= 11 is 0. The lowest BCUT2D eigenvalue weighted by atomic mass is 10.2. The third kappa shape index (κ3) is 5.93. The Labute approximate surface area is 143 Å². The van der Waals surface area contributed by atoms with Gasteiger partial charge in [0.05, 0.1) is 17.6 Å². The summed E-state index contributed by atoms with van der Waals surface area (Å²) in [4.78, 5) is 21.9. The lowest BCUT2D eigenvalue weighted by Gasteiger charge is -2.37. The number of nitro groups is 1. The van der Waals surface area contributed by atoms with Gasteiger partial charge < -0.3 is 14.5 Å². The number of benzene rings is 1. The van der Waals surface area contributed by atoms with E-state index in [-0.39, 0.29) is 22.5 Å². The molecule has 1 aromatic carbocycles. The highest BCUT2D eigenvalue weighted by Gasteiger charge is 2.37. The number of nitro benzene ring substituents is 1. The Hall–Kier alpha value is -1.93. The molecule has 0 saturated heterocycles. The van der Waals surface area contributed by atoms with Gasteiger partial charge >= 0.3 is 6.09 Å². The fourth-order valence-corrected chi connectivity index (χ4v) is 2.66. The Kier molecular flexibility index (Phi) is 6.50. The first-order valence-corrected chi connectivity index (χ1v) is 10.7. The van der Waals surface area contributed by atoms with E-state index >= 15 is 0 Å². The van der Waals surface area contributed by atoms with Crippen molar-refractivity contribution in [2.45, 2.75) is 51.9 Å². The second-order valence-corrected chi connectivity index (χ2v) is 12.1. The molecule has 134 valence electrons. The fraction of sp³-hybridized carbons (Fsp3) is 0.562. The Bertz CT molecular complexity index is 581. The molecular weight excluding hydrogens is 328 g/mol. The quantitative estimate of drug-likeness (QED) is 0.472. The molecule has 7 nitrogen and oxygen atoms in total. The number of nitrogens with zero attached hydrogens (tertiary/aromatic N) is 1. The third-order valence-corrected chi connectivity index (χ3v) is 8.62. The van der Waals surface area contributed by atoms with Crippen LogP contribution in [0.2, 0.25) is 18.1 Å². The molecule has 0 aromatic heterocycles. The van der Waals surface area contributed by atoms with Gasteiger partial charge in [-0.25, -0.2) is 4.79 Å². The minimum Gasteiger partial charge on any atom is -0.415 e. The predicted octanol–water partition coefficient (Wildman–Crippen LogP) is 4.09. The van der Waals surface area contributed by atoms with E-state index in [9.17, 15) is 14.9 Å². The summed E-state index contributed by atoms with van der Waals surface area (Å²) in [5, 5.41) is 13.4. The molecule has 0 heterocycles. The van der Waals surface area contributed by atoms with E-state index in [0.29, 0.717) is 6.61 Å². The van der Waals surface area contributed by atoms with Crippen LogP contribution in [0.1, 0.15) is 27.7 Å². The van der Waals surface area contributed by atoms with Crippen molar-refractivity contribution in [3.63, 3.8) is 0 Å². The van der Waals surface area contributed by atoms with Crippen LogP contribution in [0.4, 0.5) is 10.5 Å². The lowest BCUT2D eigenvalue weighted by Crippen LogP contribution is -2.45. The van der Waals surface area contributed by atoms with Crippen molar-refractivity contribution in [3.05, 3.63) is 34.4 Å². The molecule has 1 amide bonds. The minimum absolute atomic E-state index is 0.0566. The van der Waals surface area contributed by atoms with E-state index < -0.39 is 19.3 Å². The average Bonchev–Trinajstić information content (AvgIpc) is 2.44. The third-order valence-electron chi connectivity index (χ3n) is 4.12. The van der Waals surface area contributed by atoms with E-state index in [4.69, 9.17) is 9.16 Å². The maximum absolute atomic E-state index is 11.9. The second kappa shape index (κ2) is 7.76. The van der Waals surface area contributed by atoms with Gasteiger partial charge in [-0.05, 0) is 37.2 Å². The van der Waals surface area contributed by atoms with Gasteiger partial charge in [-0.15, -0.1) is 0 Å². The van der Waals surface area contributed by atoms with Gasteiger partial charge in [0.25, 0.3) is 5.69 Å². The van der Waals surface area contributed by atoms with Crippen molar-refractivity contribution < 1.29 is 18.9 Å². The maximum atomic E-state index is 11.9. The summed E-state index contributed by atoms with van der Waals surface area (Å²) in [5.41, 5.74) is -0.0566. The highest BCUT2D eigenvalue weighted by atomic mass is 28.4. The zero-order valence-corrected chi connectivity index (χ0v) is 16.1. The summed E-state index contributed by atoms with van der Waals surface area (Å²) in [5.74, 6) is 0.246. The Morgan fingerprint density at radius 3 is 2.29 bits per heavy atom. The van der Waals surface area contributed by atoms with Gasteiger partial charge in [0, 0.05) is 12.1 Å². The molecule has 8 heteroatoms. The molecule has 0 aliphatic heterocycles. The van der Waals surface area contributed by atoms with Gasteiger partial charge in [-0.1, -0.05) is 20.8 Å². The van der Waals surface area contributed by atoms with E-state index in [1.807, 2.05) is 6.92 Å². The molecular formula is C16H26N2O5Si. The second-order valence-electron chi connectivity index (χ2n) is 7.26. The van der Waals surface area contributed by atoms with Crippen molar-refractivity contribution in [3.8, 4) is 5.75 Å². The molecule has 1 rings (SSSR count). The molecule has 0 fully saturated rings. The number of carbonyl (C=O) groups excluding carboxylic acids is 1. The standard InChI is InChI=1S/C16H26N2O5Si/c1-12(11-22-24(5,6)16(2,3)4)17-15(19)23-14-9-7-13(8-10-14)18(20)21/h7-10,12H,11H2,1-6H3,(H,17,19). The highest BCUT2D eigenvalue weighted by molar-refractivity contribution is 6.74. The number of hydrogen-bond donors (Lipinski definition) is 1. The van der Waals surface area contributed by atoms with Gasteiger partial charge in [-0.3, -0.25) is 10.1 Å². The molecule has 0 bridgehead atoms. The van der Waals surface area contributed by atoms with Gasteiger partial charge in [0.2, 0.25) is 0 Å². The van der Waals surface area contributed by atoms with Crippen LogP contribution in [0.25, 0.3) is 0 Å². The van der Waals surface area contributed by atoms with Crippen molar-refractivity contribution in [1.82, 2.24) is 5.32 Å². The monoisotopic (exact) mass is 354 g/mol. The molecule has 0 radical (unpaired) electrons. The van der Waals surface area contributed by atoms with Gasteiger partial charge in [0.1, 0.15) is 5.75 Å². The first-order valence-electron chi connectivity index (χ1n) is 7.79. The van der Waals surface area contributed by atoms with Crippen molar-refractivity contribution in [2.75, 3.05) is 6.61 Å². The summed E-state index contributed by atoms with van der Waals surface area (Å²) in [6.45, 7) is 13.0. The van der Waals surface area contributed by atoms with Crippen LogP contribution in [0, 0.1) is 10.1 Å². The normalized spacial score (nSPS) is 13.2. The van der Waals surface area contributed by atoms with Crippen LogP contribution >= 0.6 is 0 Å². The number of nitrogens with one attached hydrogen (secondary N) is 1. The van der Waals surface area contributed by atoms with Crippen molar-refractivity contribution in [2.24, 2.45) is 0 Å². The molecule has 0 saturated carbocycles. The number of rotatable bonds is 6. The van der Waals surface area contributed by atoms with E-state index in [1.165, 1.54) is 24.3 Å². The van der Waals surface area contributed by atoms with Crippen LogP contribution in [-0.2, 0) is 4.43 Å². The zero-order valence-electron chi connectivity index (χ0n) is 15.1. The van der Waals surface area contributed by atoms with E-state index in [0.717, 1.165) is 0 Å². The van der Waals surface area contributed by atoms with Crippen molar-refractivity contribution in [1.29, 1.82) is 0 Å². The molecule has 0 aliphatic rings. The zero-order chi connectivity index (χ0) is 18.5. The number of amides is 1. The number of hydrogen-bond acceptors (Lipinski definition) is 5. The van der Waals surface area contributed by atoms with Gasteiger partial charge in [0.15, 0.2) is 8.32 Å². The smallest absolute Gasteiger partial charge is 0.412 e. The summed E-state index contributed by atoms with van der Waals surface area (Å²) in [6, 6.07) is 5.13. The summed E-state index contributed by atoms with van der Waals surface area (Å²) < 4.78 is 11.1. The Balaban J connectivity index is 2.48. The first-order chi connectivity index (χ1) is 10.9. The SMILES string of the molecule is CC(CO[Si](C)(C)C(C)(C)C)NC(=O)Oc1ccc([N+](=O)[O-])cc1. The molecule has 0 aliphatic carbocycles. The van der Waals surface area contributed by atoms with Crippen LogP contribution in [0.5, 0.6) is 5.75 Å². The highest BCUT2D eigenvalue weighted by Crippen LogP contribution is 2.36. The maximum Gasteiger partial charge on any atom is 0.412 e. The van der Waals surface area contributed by atoms with Crippen LogP contribution in [0.3, 0.4) is 0 Å². The van der Waals surface area contributed by atoms with Crippen LogP contribution < -0.4 is 10.1 Å². The summed E-state index contributed by atoms with van der Waals surface area (Å²) in [7, 11) is -1.87. The predicted molar refractivity (Wildman–Crippen MR) is 94.9 cm³/mol. The van der Waals surface area contributed by atoms with Crippen molar-refractivity contribution >= 4 is 20.1 Å². The number of carbonyl (C=O) groups is 1. The molecule has 1 aromatic rings. The minimum atomic E-state index is -1.87. The van der Waals surface area contributed by atoms with Crippen LogP contribution in [0.15, 0.2) is 24.3 Å². The number of ether oxygens (including phenoxy) is 1. The Morgan fingerprint density at radius 1 is 1.29 bits per heavy atom.